The predicted octanol–water partition coefficient (Wildman–Crippen LogP) is 1.24. The Kier molecular flexibility index (Phi) is 6.92. The first-order valence-electron chi connectivity index (χ1n) is 4.65. The van der Waals surface area contributed by atoms with Gasteiger partial charge in [-0.05, 0) is 0 Å². The molecule has 0 bridgehead atoms. The quantitative estimate of drug-likeness (QED) is 0.498. The first-order chi connectivity index (χ1) is 6.48. The second kappa shape index (κ2) is 7.06. The van der Waals surface area contributed by atoms with Crippen LogP contribution in [-0.4, -0.2) is 60.9 Å². The SMILES string of the molecule is C[N+](C)(CCSCCF)CCC(=O)O. The summed E-state index contributed by atoms with van der Waals surface area (Å²) in [5, 5.41) is 8.52. The standard InChI is InChI=1S/C9H18FNO2S/c1-11(2,5-3-9(12)13)6-8-14-7-4-10/h3-8H2,1-2H3/p+1. The molecule has 0 saturated carbocycles. The topological polar surface area (TPSA) is 37.3 Å². The first kappa shape index (κ1) is 13.7. The van der Waals surface area contributed by atoms with Crippen LogP contribution in [0.4, 0.5) is 4.39 Å². The highest BCUT2D eigenvalue weighted by Gasteiger charge is 2.15. The average Bonchev–Trinajstić information content (AvgIpc) is 2.10. The zero-order valence-electron chi connectivity index (χ0n) is 8.83. The van der Waals surface area contributed by atoms with E-state index in [4.69, 9.17) is 5.11 Å². The van der Waals surface area contributed by atoms with Gasteiger partial charge in [-0.1, -0.05) is 0 Å². The Morgan fingerprint density at radius 3 is 2.50 bits per heavy atom. The van der Waals surface area contributed by atoms with Crippen LogP contribution >= 0.6 is 11.8 Å². The fourth-order valence-corrected chi connectivity index (χ4v) is 1.91. The number of thioether (sulfide) groups is 1. The molecule has 14 heavy (non-hydrogen) atoms. The number of alkyl halides is 1. The lowest BCUT2D eigenvalue weighted by atomic mass is 10.3. The molecule has 0 spiro atoms. The minimum atomic E-state index is -0.757. The summed E-state index contributed by atoms with van der Waals surface area (Å²) >= 11 is 1.58. The Hall–Kier alpha value is -0.290. The molecule has 0 aliphatic rings. The highest BCUT2D eigenvalue weighted by Crippen LogP contribution is 2.05. The number of hydrogen-bond donors (Lipinski definition) is 1. The van der Waals surface area contributed by atoms with E-state index in [2.05, 4.69) is 0 Å². The number of nitrogens with zero attached hydrogens (tertiary/aromatic N) is 1. The number of carbonyl (C=O) groups is 1. The zero-order valence-corrected chi connectivity index (χ0v) is 9.65. The highest BCUT2D eigenvalue weighted by molar-refractivity contribution is 7.99. The van der Waals surface area contributed by atoms with E-state index in [0.717, 1.165) is 12.3 Å². The lowest BCUT2D eigenvalue weighted by Gasteiger charge is -2.28. The third-order valence-electron chi connectivity index (χ3n) is 1.99. The van der Waals surface area contributed by atoms with E-state index in [1.54, 1.807) is 11.8 Å². The van der Waals surface area contributed by atoms with Crippen molar-refractivity contribution in [2.24, 2.45) is 0 Å². The molecule has 0 radical (unpaired) electrons. The summed E-state index contributed by atoms with van der Waals surface area (Å²) in [5.41, 5.74) is 0. The van der Waals surface area contributed by atoms with Crippen molar-refractivity contribution >= 4 is 17.7 Å². The number of hydrogen-bond acceptors (Lipinski definition) is 2. The maximum Gasteiger partial charge on any atom is 0.309 e. The molecule has 0 fully saturated rings. The van der Waals surface area contributed by atoms with Gasteiger partial charge >= 0.3 is 5.97 Å². The summed E-state index contributed by atoms with van der Waals surface area (Å²) in [6, 6.07) is 0. The van der Waals surface area contributed by atoms with Gasteiger partial charge in [0, 0.05) is 11.5 Å². The van der Waals surface area contributed by atoms with Crippen LogP contribution in [0.3, 0.4) is 0 Å². The van der Waals surface area contributed by atoms with E-state index < -0.39 is 5.97 Å². The van der Waals surface area contributed by atoms with Crippen molar-refractivity contribution in [2.45, 2.75) is 6.42 Å². The molecule has 0 rings (SSSR count). The number of carboxylic acid groups (broad SMARTS) is 1. The van der Waals surface area contributed by atoms with Crippen molar-refractivity contribution in [2.75, 3.05) is 45.4 Å². The first-order valence-corrected chi connectivity index (χ1v) is 5.81. The molecular formula is C9H19FNO2S+. The maximum atomic E-state index is 11.8. The minimum absolute atomic E-state index is 0.195. The summed E-state index contributed by atoms with van der Waals surface area (Å²) in [4.78, 5) is 10.4. The fraction of sp³-hybridized carbons (Fsp3) is 0.889. The Balaban J connectivity index is 3.55. The van der Waals surface area contributed by atoms with Crippen LogP contribution in [0.1, 0.15) is 6.42 Å². The minimum Gasteiger partial charge on any atom is -0.481 e. The Morgan fingerprint density at radius 2 is 2.00 bits per heavy atom. The number of rotatable bonds is 8. The zero-order chi connectivity index (χ0) is 11.0. The molecule has 0 aromatic heterocycles. The van der Waals surface area contributed by atoms with Crippen LogP contribution in [0.5, 0.6) is 0 Å². The van der Waals surface area contributed by atoms with E-state index >= 15 is 0 Å². The monoisotopic (exact) mass is 224 g/mol. The molecule has 84 valence electrons. The fourth-order valence-electron chi connectivity index (χ4n) is 0.978. The van der Waals surface area contributed by atoms with Crippen molar-refractivity contribution in [1.29, 1.82) is 0 Å². The largest absolute Gasteiger partial charge is 0.481 e. The Bertz CT molecular complexity index is 176. The van der Waals surface area contributed by atoms with Gasteiger partial charge in [0.2, 0.25) is 0 Å². The van der Waals surface area contributed by atoms with Gasteiger partial charge in [-0.2, -0.15) is 11.8 Å². The molecule has 0 aromatic carbocycles. The van der Waals surface area contributed by atoms with Crippen molar-refractivity contribution < 1.29 is 18.8 Å². The number of aliphatic carboxylic acids is 1. The Morgan fingerprint density at radius 1 is 1.36 bits per heavy atom. The van der Waals surface area contributed by atoms with Crippen LogP contribution in [0.15, 0.2) is 0 Å². The lowest BCUT2D eigenvalue weighted by Crippen LogP contribution is -2.43. The molecule has 0 amide bonds. The van der Waals surface area contributed by atoms with Crippen molar-refractivity contribution in [3.8, 4) is 0 Å². The second-order valence-electron chi connectivity index (χ2n) is 3.83. The van der Waals surface area contributed by atoms with Gasteiger partial charge in [0.1, 0.15) is 0 Å². The van der Waals surface area contributed by atoms with Crippen LogP contribution in [-0.2, 0) is 4.79 Å². The van der Waals surface area contributed by atoms with Crippen molar-refractivity contribution in [1.82, 2.24) is 0 Å². The Labute approximate surface area is 88.9 Å². The average molecular weight is 224 g/mol. The van der Waals surface area contributed by atoms with E-state index in [0.29, 0.717) is 16.8 Å². The van der Waals surface area contributed by atoms with Crippen LogP contribution in [0.2, 0.25) is 0 Å². The molecule has 0 saturated heterocycles. The van der Waals surface area contributed by atoms with Gasteiger partial charge in [0.25, 0.3) is 0 Å². The summed E-state index contributed by atoms with van der Waals surface area (Å²) < 4.78 is 12.4. The smallest absolute Gasteiger partial charge is 0.309 e. The molecule has 3 nitrogen and oxygen atoms in total. The molecule has 0 aromatic rings. The molecule has 5 heteroatoms. The van der Waals surface area contributed by atoms with E-state index in [1.807, 2.05) is 14.1 Å². The summed E-state index contributed by atoms with van der Waals surface area (Å²) in [5.74, 6) is 0.669. The predicted molar refractivity (Wildman–Crippen MR) is 57.4 cm³/mol. The summed E-state index contributed by atoms with van der Waals surface area (Å²) in [6.07, 6.45) is 0.195. The second-order valence-corrected chi connectivity index (χ2v) is 5.05. The number of quaternary nitrogens is 1. The lowest BCUT2D eigenvalue weighted by molar-refractivity contribution is -0.887. The third-order valence-corrected chi connectivity index (χ3v) is 2.91. The van der Waals surface area contributed by atoms with Crippen molar-refractivity contribution in [3.63, 3.8) is 0 Å². The van der Waals surface area contributed by atoms with Crippen molar-refractivity contribution in [3.05, 3.63) is 0 Å². The highest BCUT2D eigenvalue weighted by atomic mass is 32.2. The van der Waals surface area contributed by atoms with Gasteiger partial charge in [-0.3, -0.25) is 9.18 Å². The normalized spacial score (nSPS) is 11.6. The molecule has 0 unspecified atom stereocenters. The summed E-state index contributed by atoms with van der Waals surface area (Å²) in [7, 11) is 4.00. The molecular weight excluding hydrogens is 205 g/mol. The molecule has 0 heterocycles. The van der Waals surface area contributed by atoms with Gasteiger partial charge in [0.15, 0.2) is 0 Å². The van der Waals surface area contributed by atoms with E-state index in [-0.39, 0.29) is 13.1 Å². The van der Waals surface area contributed by atoms with Crippen LogP contribution in [0, 0.1) is 0 Å². The van der Waals surface area contributed by atoms with E-state index in [9.17, 15) is 9.18 Å². The van der Waals surface area contributed by atoms with Gasteiger partial charge in [-0.15, -0.1) is 0 Å². The molecule has 0 atom stereocenters. The summed E-state index contributed by atoms with van der Waals surface area (Å²) in [6.45, 7) is 1.23. The van der Waals surface area contributed by atoms with E-state index in [1.165, 1.54) is 0 Å². The maximum absolute atomic E-state index is 11.8. The number of carboxylic acids is 1. The van der Waals surface area contributed by atoms with Gasteiger partial charge in [-0.25, -0.2) is 0 Å². The molecule has 1 N–H and O–H groups in total. The molecule has 0 aliphatic carbocycles. The third kappa shape index (κ3) is 8.31. The molecule has 0 aliphatic heterocycles. The van der Waals surface area contributed by atoms with Crippen LogP contribution in [0.25, 0.3) is 0 Å². The number of halogens is 1. The van der Waals surface area contributed by atoms with Crippen LogP contribution < -0.4 is 0 Å². The van der Waals surface area contributed by atoms with Gasteiger partial charge < -0.3 is 9.59 Å². The van der Waals surface area contributed by atoms with Gasteiger partial charge in [0.05, 0.1) is 40.3 Å².